The molecule has 0 saturated heterocycles. The van der Waals surface area contributed by atoms with Crippen molar-refractivity contribution in [3.63, 3.8) is 0 Å². The fraction of sp³-hybridized carbons (Fsp3) is 0.933. The molecule has 0 radical (unpaired) electrons. The Morgan fingerprint density at radius 1 is 0.765 bits per heavy atom. The van der Waals surface area contributed by atoms with Crippen molar-refractivity contribution in [2.45, 2.75) is 91.4 Å². The summed E-state index contributed by atoms with van der Waals surface area (Å²) in [7, 11) is 0. The van der Waals surface area contributed by atoms with Crippen molar-refractivity contribution in [3.05, 3.63) is 0 Å². The Balaban J connectivity index is 0. The molecule has 17 heavy (non-hydrogen) atoms. The SMILES string of the molecule is C.CCCCCCCCCCCCCC(N)=O. The molecule has 0 aromatic rings. The predicted octanol–water partition coefficient (Wildman–Crippen LogP) is 4.81. The molecule has 0 heterocycles. The molecular weight excluding hydrogens is 210 g/mol. The van der Waals surface area contributed by atoms with Gasteiger partial charge in [-0.1, -0.05) is 78.6 Å². The zero-order valence-electron chi connectivity index (χ0n) is 11.0. The van der Waals surface area contributed by atoms with Crippen molar-refractivity contribution < 1.29 is 4.79 Å². The van der Waals surface area contributed by atoms with Gasteiger partial charge < -0.3 is 5.73 Å². The second kappa shape index (κ2) is 15.5. The van der Waals surface area contributed by atoms with E-state index in [4.69, 9.17) is 5.73 Å². The zero-order chi connectivity index (χ0) is 12.1. The molecule has 2 heteroatoms. The Bertz CT molecular complexity index is 157. The lowest BCUT2D eigenvalue weighted by Gasteiger charge is -2.01. The van der Waals surface area contributed by atoms with Crippen molar-refractivity contribution in [2.75, 3.05) is 0 Å². The molecule has 0 aliphatic heterocycles. The van der Waals surface area contributed by atoms with Gasteiger partial charge in [0.2, 0.25) is 5.91 Å². The number of hydrogen-bond donors (Lipinski definition) is 1. The van der Waals surface area contributed by atoms with Crippen molar-refractivity contribution >= 4 is 5.91 Å². The first-order valence-electron chi connectivity index (χ1n) is 7.05. The lowest BCUT2D eigenvalue weighted by molar-refractivity contribution is -0.118. The molecule has 0 saturated carbocycles. The first kappa shape index (κ1) is 18.8. The molecule has 2 N–H and O–H groups in total. The number of hydrogen-bond acceptors (Lipinski definition) is 1. The smallest absolute Gasteiger partial charge is 0.217 e. The predicted molar refractivity (Wildman–Crippen MR) is 77.0 cm³/mol. The Kier molecular flexibility index (Phi) is 17.1. The number of carbonyl (C=O) groups excluding carboxylic acids is 1. The van der Waals surface area contributed by atoms with Crippen molar-refractivity contribution in [2.24, 2.45) is 5.73 Å². The maximum atomic E-state index is 10.5. The second-order valence-corrected chi connectivity index (χ2v) is 4.75. The summed E-state index contributed by atoms with van der Waals surface area (Å²) in [5.74, 6) is -0.157. The molecule has 0 unspecified atom stereocenters. The van der Waals surface area contributed by atoms with E-state index in [-0.39, 0.29) is 13.3 Å². The van der Waals surface area contributed by atoms with Crippen LogP contribution in [0.2, 0.25) is 0 Å². The van der Waals surface area contributed by atoms with E-state index in [2.05, 4.69) is 6.92 Å². The summed E-state index contributed by atoms with van der Waals surface area (Å²) in [6.07, 6.45) is 15.0. The van der Waals surface area contributed by atoms with E-state index >= 15 is 0 Å². The van der Waals surface area contributed by atoms with Gasteiger partial charge in [-0.2, -0.15) is 0 Å². The molecule has 0 aromatic carbocycles. The fourth-order valence-electron chi connectivity index (χ4n) is 1.96. The molecule has 0 bridgehead atoms. The van der Waals surface area contributed by atoms with Gasteiger partial charge in [-0.25, -0.2) is 0 Å². The fourth-order valence-corrected chi connectivity index (χ4v) is 1.96. The quantitative estimate of drug-likeness (QED) is 0.491. The van der Waals surface area contributed by atoms with Gasteiger partial charge in [-0.3, -0.25) is 4.79 Å². The van der Waals surface area contributed by atoms with E-state index in [1.807, 2.05) is 0 Å². The highest BCUT2D eigenvalue weighted by Gasteiger charge is 1.95. The van der Waals surface area contributed by atoms with Gasteiger partial charge in [-0.15, -0.1) is 0 Å². The molecule has 2 nitrogen and oxygen atoms in total. The average molecular weight is 243 g/mol. The van der Waals surface area contributed by atoms with Gasteiger partial charge in [-0.05, 0) is 6.42 Å². The highest BCUT2D eigenvalue weighted by atomic mass is 16.1. The van der Waals surface area contributed by atoms with Gasteiger partial charge in [0.15, 0.2) is 0 Å². The monoisotopic (exact) mass is 243 g/mol. The van der Waals surface area contributed by atoms with E-state index in [0.717, 1.165) is 6.42 Å². The summed E-state index contributed by atoms with van der Waals surface area (Å²) in [4.78, 5) is 10.5. The summed E-state index contributed by atoms with van der Waals surface area (Å²) in [6, 6.07) is 0. The third-order valence-electron chi connectivity index (χ3n) is 3.03. The van der Waals surface area contributed by atoms with E-state index in [0.29, 0.717) is 6.42 Å². The Labute approximate surface area is 108 Å². The molecule has 104 valence electrons. The highest BCUT2D eigenvalue weighted by Crippen LogP contribution is 2.11. The van der Waals surface area contributed by atoms with Crippen LogP contribution in [0.3, 0.4) is 0 Å². The van der Waals surface area contributed by atoms with Crippen molar-refractivity contribution in [3.8, 4) is 0 Å². The number of carbonyl (C=O) groups is 1. The molecular formula is C15H33NO. The number of rotatable bonds is 12. The van der Waals surface area contributed by atoms with Crippen LogP contribution >= 0.6 is 0 Å². The third kappa shape index (κ3) is 18.1. The maximum absolute atomic E-state index is 10.5. The molecule has 0 rings (SSSR count). The van der Waals surface area contributed by atoms with Crippen LogP contribution in [0.5, 0.6) is 0 Å². The van der Waals surface area contributed by atoms with Crippen molar-refractivity contribution in [1.29, 1.82) is 0 Å². The number of amides is 1. The van der Waals surface area contributed by atoms with Crippen LogP contribution in [-0.2, 0) is 4.79 Å². The number of primary amides is 1. The summed E-state index contributed by atoms with van der Waals surface area (Å²) in [6.45, 7) is 2.26. The molecule has 0 atom stereocenters. The van der Waals surface area contributed by atoms with Gasteiger partial charge in [0.25, 0.3) is 0 Å². The Morgan fingerprint density at radius 2 is 1.12 bits per heavy atom. The summed E-state index contributed by atoms with van der Waals surface area (Å²) >= 11 is 0. The van der Waals surface area contributed by atoms with Crippen LogP contribution < -0.4 is 5.73 Å². The van der Waals surface area contributed by atoms with E-state index < -0.39 is 0 Å². The summed E-state index contributed by atoms with van der Waals surface area (Å²) in [5.41, 5.74) is 5.07. The van der Waals surface area contributed by atoms with E-state index in [9.17, 15) is 4.79 Å². The highest BCUT2D eigenvalue weighted by molar-refractivity contribution is 5.73. The Hall–Kier alpha value is -0.530. The van der Waals surface area contributed by atoms with Gasteiger partial charge >= 0.3 is 0 Å². The summed E-state index contributed by atoms with van der Waals surface area (Å²) in [5, 5.41) is 0. The van der Waals surface area contributed by atoms with Gasteiger partial charge in [0.05, 0.1) is 0 Å². The van der Waals surface area contributed by atoms with Crippen LogP contribution in [0.15, 0.2) is 0 Å². The average Bonchev–Trinajstić information content (AvgIpc) is 2.25. The standard InChI is InChI=1S/C14H29NO.CH4/c1-2-3-4-5-6-7-8-9-10-11-12-13-14(15)16;/h2-13H2,1H3,(H2,15,16);1H4. The minimum absolute atomic E-state index is 0. The zero-order valence-corrected chi connectivity index (χ0v) is 11.0. The van der Waals surface area contributed by atoms with Crippen LogP contribution in [0.25, 0.3) is 0 Å². The largest absolute Gasteiger partial charge is 0.370 e. The van der Waals surface area contributed by atoms with Crippen LogP contribution in [-0.4, -0.2) is 5.91 Å². The molecule has 0 spiro atoms. The molecule has 0 fully saturated rings. The lowest BCUT2D eigenvalue weighted by Crippen LogP contribution is -2.09. The molecule has 0 aliphatic rings. The van der Waals surface area contributed by atoms with Gasteiger partial charge in [0.1, 0.15) is 0 Å². The minimum atomic E-state index is -0.157. The molecule has 0 aromatic heterocycles. The van der Waals surface area contributed by atoms with E-state index in [1.54, 1.807) is 0 Å². The molecule has 0 aliphatic carbocycles. The molecule has 1 amide bonds. The third-order valence-corrected chi connectivity index (χ3v) is 3.03. The second-order valence-electron chi connectivity index (χ2n) is 4.75. The number of nitrogens with two attached hydrogens (primary N) is 1. The van der Waals surface area contributed by atoms with E-state index in [1.165, 1.54) is 64.2 Å². The minimum Gasteiger partial charge on any atom is -0.370 e. The normalized spacial score (nSPS) is 9.94. The van der Waals surface area contributed by atoms with Gasteiger partial charge in [0, 0.05) is 6.42 Å². The Morgan fingerprint density at radius 3 is 1.47 bits per heavy atom. The summed E-state index contributed by atoms with van der Waals surface area (Å²) < 4.78 is 0. The number of unbranched alkanes of at least 4 members (excludes halogenated alkanes) is 10. The van der Waals surface area contributed by atoms with Crippen molar-refractivity contribution in [1.82, 2.24) is 0 Å². The van der Waals surface area contributed by atoms with Crippen LogP contribution in [0.4, 0.5) is 0 Å². The maximum Gasteiger partial charge on any atom is 0.217 e. The topological polar surface area (TPSA) is 43.1 Å². The van der Waals surface area contributed by atoms with Crippen LogP contribution in [0, 0.1) is 0 Å². The first-order valence-corrected chi connectivity index (χ1v) is 7.05. The first-order chi connectivity index (χ1) is 7.77. The van der Waals surface area contributed by atoms with Crippen LogP contribution in [0.1, 0.15) is 91.4 Å². The lowest BCUT2D eigenvalue weighted by atomic mass is 10.1.